The van der Waals surface area contributed by atoms with Gasteiger partial charge in [-0.3, -0.25) is 9.48 Å². The van der Waals surface area contributed by atoms with Crippen LogP contribution in [0.1, 0.15) is 29.2 Å². The number of likely N-dealkylation sites (tertiary alicyclic amines) is 1. The van der Waals surface area contributed by atoms with Crippen LogP contribution in [0.15, 0.2) is 61.2 Å². The molecule has 0 unspecified atom stereocenters. The van der Waals surface area contributed by atoms with E-state index in [0.29, 0.717) is 12.1 Å². The Balaban J connectivity index is 1.60. The molecule has 3 heterocycles. The first-order valence-corrected chi connectivity index (χ1v) is 8.20. The molecule has 4 rings (SSSR count). The van der Waals surface area contributed by atoms with Crippen LogP contribution in [-0.2, 0) is 0 Å². The SMILES string of the molecule is O=C(c1ccccc1-n1cccn1)N1CCC[C@@H](n2cccn2)C1. The van der Waals surface area contributed by atoms with Gasteiger partial charge < -0.3 is 4.90 Å². The average Bonchev–Trinajstić information content (AvgIpc) is 3.35. The lowest BCUT2D eigenvalue weighted by atomic mass is 10.0. The molecule has 122 valence electrons. The summed E-state index contributed by atoms with van der Waals surface area (Å²) in [6, 6.07) is 11.6. The molecular weight excluding hydrogens is 302 g/mol. The predicted octanol–water partition coefficient (Wildman–Crippen LogP) is 2.55. The highest BCUT2D eigenvalue weighted by Gasteiger charge is 2.27. The fraction of sp³-hybridized carbons (Fsp3) is 0.278. The van der Waals surface area contributed by atoms with Crippen molar-refractivity contribution < 1.29 is 4.79 Å². The molecule has 0 aliphatic carbocycles. The Hall–Kier alpha value is -2.89. The number of hydrogen-bond acceptors (Lipinski definition) is 3. The lowest BCUT2D eigenvalue weighted by Gasteiger charge is -2.33. The molecule has 24 heavy (non-hydrogen) atoms. The van der Waals surface area contributed by atoms with Crippen LogP contribution in [0.4, 0.5) is 0 Å². The molecule has 0 bridgehead atoms. The minimum absolute atomic E-state index is 0.0537. The average molecular weight is 321 g/mol. The molecule has 0 spiro atoms. The van der Waals surface area contributed by atoms with Crippen LogP contribution in [0.3, 0.4) is 0 Å². The molecule has 0 radical (unpaired) electrons. The van der Waals surface area contributed by atoms with E-state index in [1.165, 1.54) is 0 Å². The number of nitrogens with zero attached hydrogens (tertiary/aromatic N) is 5. The van der Waals surface area contributed by atoms with Crippen molar-refractivity contribution in [2.24, 2.45) is 0 Å². The van der Waals surface area contributed by atoms with Gasteiger partial charge in [-0.05, 0) is 37.1 Å². The van der Waals surface area contributed by atoms with Crippen LogP contribution in [-0.4, -0.2) is 43.5 Å². The third-order valence-electron chi connectivity index (χ3n) is 4.47. The summed E-state index contributed by atoms with van der Waals surface area (Å²) in [5.41, 5.74) is 1.50. The second-order valence-electron chi connectivity index (χ2n) is 6.00. The molecule has 1 aromatic carbocycles. The van der Waals surface area contributed by atoms with Crippen molar-refractivity contribution in [1.29, 1.82) is 0 Å². The van der Waals surface area contributed by atoms with Gasteiger partial charge in [0.15, 0.2) is 0 Å². The number of rotatable bonds is 3. The third-order valence-corrected chi connectivity index (χ3v) is 4.47. The fourth-order valence-electron chi connectivity index (χ4n) is 3.29. The maximum absolute atomic E-state index is 13.1. The Morgan fingerprint density at radius 3 is 2.67 bits per heavy atom. The van der Waals surface area contributed by atoms with Crippen molar-refractivity contribution in [3.63, 3.8) is 0 Å². The number of hydrogen-bond donors (Lipinski definition) is 0. The molecule has 3 aromatic rings. The fourth-order valence-corrected chi connectivity index (χ4v) is 3.29. The van der Waals surface area contributed by atoms with Crippen molar-refractivity contribution in [3.8, 4) is 5.69 Å². The highest BCUT2D eigenvalue weighted by atomic mass is 16.2. The summed E-state index contributed by atoms with van der Waals surface area (Å²) in [7, 11) is 0. The van der Waals surface area contributed by atoms with Gasteiger partial charge in [-0.1, -0.05) is 12.1 Å². The molecule has 1 aliphatic heterocycles. The monoisotopic (exact) mass is 321 g/mol. The Bertz CT molecular complexity index is 810. The van der Waals surface area contributed by atoms with E-state index >= 15 is 0 Å². The number of carbonyl (C=O) groups is 1. The van der Waals surface area contributed by atoms with Crippen LogP contribution in [0, 0.1) is 0 Å². The highest BCUT2D eigenvalue weighted by Crippen LogP contribution is 2.24. The number of piperidine rings is 1. The number of para-hydroxylation sites is 1. The van der Waals surface area contributed by atoms with E-state index in [4.69, 9.17) is 0 Å². The van der Waals surface area contributed by atoms with Crippen LogP contribution in [0.2, 0.25) is 0 Å². The third kappa shape index (κ3) is 2.71. The van der Waals surface area contributed by atoms with Gasteiger partial charge in [-0.15, -0.1) is 0 Å². The van der Waals surface area contributed by atoms with Gasteiger partial charge in [-0.25, -0.2) is 4.68 Å². The first kappa shape index (κ1) is 14.7. The van der Waals surface area contributed by atoms with Gasteiger partial charge in [0, 0.05) is 37.9 Å². The summed E-state index contributed by atoms with van der Waals surface area (Å²) < 4.78 is 3.70. The zero-order valence-electron chi connectivity index (χ0n) is 13.3. The molecule has 1 fully saturated rings. The maximum atomic E-state index is 13.1. The van der Waals surface area contributed by atoms with Crippen molar-refractivity contribution in [1.82, 2.24) is 24.5 Å². The molecular formula is C18H19N5O. The molecule has 1 amide bonds. The highest BCUT2D eigenvalue weighted by molar-refractivity contribution is 5.97. The van der Waals surface area contributed by atoms with Crippen LogP contribution < -0.4 is 0 Å². The normalized spacial score (nSPS) is 17.8. The van der Waals surface area contributed by atoms with Crippen LogP contribution in [0.25, 0.3) is 5.69 Å². The Morgan fingerprint density at radius 2 is 1.88 bits per heavy atom. The van der Waals surface area contributed by atoms with E-state index in [-0.39, 0.29) is 11.9 Å². The molecule has 1 atom stereocenters. The second-order valence-corrected chi connectivity index (χ2v) is 6.00. The Labute approximate surface area is 140 Å². The van der Waals surface area contributed by atoms with Crippen molar-refractivity contribution in [2.75, 3.05) is 13.1 Å². The van der Waals surface area contributed by atoms with E-state index in [0.717, 1.165) is 25.1 Å². The van der Waals surface area contributed by atoms with Crippen molar-refractivity contribution >= 4 is 5.91 Å². The number of amides is 1. The van der Waals surface area contributed by atoms with Gasteiger partial charge in [0.2, 0.25) is 0 Å². The zero-order valence-corrected chi connectivity index (χ0v) is 13.3. The summed E-state index contributed by atoms with van der Waals surface area (Å²) in [4.78, 5) is 15.0. The van der Waals surface area contributed by atoms with E-state index in [2.05, 4.69) is 10.2 Å². The van der Waals surface area contributed by atoms with Gasteiger partial charge in [0.25, 0.3) is 5.91 Å². The summed E-state index contributed by atoms with van der Waals surface area (Å²) in [5, 5.41) is 8.59. The van der Waals surface area contributed by atoms with Gasteiger partial charge in [0.05, 0.1) is 17.3 Å². The standard InChI is InChI=1S/C18H19N5O/c24-18(16-7-1-2-8-17(16)23-13-5-10-20-23)21-11-3-6-15(14-21)22-12-4-9-19-22/h1-2,4-5,7-10,12-13,15H,3,6,11,14H2/t15-/m1/s1. The van der Waals surface area contributed by atoms with Crippen LogP contribution in [0.5, 0.6) is 0 Å². The Morgan fingerprint density at radius 1 is 1.04 bits per heavy atom. The minimum atomic E-state index is 0.0537. The van der Waals surface area contributed by atoms with E-state index < -0.39 is 0 Å². The van der Waals surface area contributed by atoms with Gasteiger partial charge in [0.1, 0.15) is 0 Å². The van der Waals surface area contributed by atoms with Gasteiger partial charge in [-0.2, -0.15) is 10.2 Å². The molecule has 0 saturated carbocycles. The van der Waals surface area contributed by atoms with Gasteiger partial charge >= 0.3 is 0 Å². The second kappa shape index (κ2) is 6.31. The van der Waals surface area contributed by atoms with Crippen molar-refractivity contribution in [3.05, 3.63) is 66.7 Å². The van der Waals surface area contributed by atoms with E-state index in [9.17, 15) is 4.79 Å². The Kier molecular flexibility index (Phi) is 3.86. The quantitative estimate of drug-likeness (QED) is 0.745. The molecule has 1 saturated heterocycles. The van der Waals surface area contributed by atoms with Crippen molar-refractivity contribution in [2.45, 2.75) is 18.9 Å². The predicted molar refractivity (Wildman–Crippen MR) is 90.0 cm³/mol. The summed E-state index contributed by atoms with van der Waals surface area (Å²) in [6.45, 7) is 1.47. The minimum Gasteiger partial charge on any atom is -0.336 e. The molecule has 1 aliphatic rings. The molecule has 6 nitrogen and oxygen atoms in total. The van der Waals surface area contributed by atoms with Crippen LogP contribution >= 0.6 is 0 Å². The lowest BCUT2D eigenvalue weighted by molar-refractivity contribution is 0.0673. The summed E-state index contributed by atoms with van der Waals surface area (Å²) >= 11 is 0. The van der Waals surface area contributed by atoms with E-state index in [1.807, 2.05) is 58.4 Å². The maximum Gasteiger partial charge on any atom is 0.256 e. The lowest BCUT2D eigenvalue weighted by Crippen LogP contribution is -2.41. The topological polar surface area (TPSA) is 56.0 Å². The first-order valence-electron chi connectivity index (χ1n) is 8.20. The largest absolute Gasteiger partial charge is 0.336 e. The molecule has 0 N–H and O–H groups in total. The van der Waals surface area contributed by atoms with E-state index in [1.54, 1.807) is 17.1 Å². The molecule has 6 heteroatoms. The molecule has 2 aromatic heterocycles. The first-order chi connectivity index (χ1) is 11.8. The summed E-state index contributed by atoms with van der Waals surface area (Å²) in [6.07, 6.45) is 9.36. The summed E-state index contributed by atoms with van der Waals surface area (Å²) in [5.74, 6) is 0.0537. The number of carbonyl (C=O) groups excluding carboxylic acids is 1. The number of benzene rings is 1. The number of aromatic nitrogens is 4. The smallest absolute Gasteiger partial charge is 0.256 e. The zero-order chi connectivity index (χ0) is 16.4.